The summed E-state index contributed by atoms with van der Waals surface area (Å²) in [6, 6.07) is 0. The Morgan fingerprint density at radius 2 is 1.45 bits per heavy atom. The summed E-state index contributed by atoms with van der Waals surface area (Å²) in [4.78, 5) is 27.7. The van der Waals surface area contributed by atoms with Gasteiger partial charge in [-0.15, -0.1) is 0 Å². The first-order valence-corrected chi connectivity index (χ1v) is 7.85. The molecule has 1 atom stereocenters. The van der Waals surface area contributed by atoms with Crippen LogP contribution < -0.4 is 0 Å². The molecule has 0 aromatic heterocycles. The molecule has 114 valence electrons. The van der Waals surface area contributed by atoms with Crippen molar-refractivity contribution in [1.82, 2.24) is 9.80 Å². The van der Waals surface area contributed by atoms with E-state index in [9.17, 15) is 14.7 Å². The molecule has 1 heterocycles. The van der Waals surface area contributed by atoms with Crippen LogP contribution >= 0.6 is 0 Å². The highest BCUT2D eigenvalue weighted by Crippen LogP contribution is 2.25. The number of hydrogen-bond acceptors (Lipinski definition) is 3. The minimum atomic E-state index is -0.945. The van der Waals surface area contributed by atoms with E-state index in [0.29, 0.717) is 26.2 Å². The van der Waals surface area contributed by atoms with Crippen molar-refractivity contribution >= 4 is 11.8 Å². The average molecular weight is 282 g/mol. The SMILES string of the molecule is CC(O)C(=O)N1CCN(C(=O)C2CCCCCC2)CC1. The van der Waals surface area contributed by atoms with Crippen molar-refractivity contribution in [1.29, 1.82) is 0 Å². The second-order valence-electron chi connectivity index (χ2n) is 6.02. The van der Waals surface area contributed by atoms with Crippen molar-refractivity contribution < 1.29 is 14.7 Å². The number of aliphatic hydroxyl groups is 1. The standard InChI is InChI=1S/C15H26N2O3/c1-12(18)14(19)16-8-10-17(11-9-16)15(20)13-6-4-2-3-5-7-13/h12-13,18H,2-11H2,1H3. The Bertz CT molecular complexity index is 341. The maximum absolute atomic E-state index is 12.5. The number of amides is 2. The third kappa shape index (κ3) is 3.72. The average Bonchev–Trinajstić information content (AvgIpc) is 2.75. The van der Waals surface area contributed by atoms with Crippen molar-refractivity contribution in [3.8, 4) is 0 Å². The maximum atomic E-state index is 12.5. The van der Waals surface area contributed by atoms with Crippen molar-refractivity contribution in [3.63, 3.8) is 0 Å². The van der Waals surface area contributed by atoms with Crippen molar-refractivity contribution in [3.05, 3.63) is 0 Å². The lowest BCUT2D eigenvalue weighted by Gasteiger charge is -2.36. The lowest BCUT2D eigenvalue weighted by Crippen LogP contribution is -2.53. The number of carbonyl (C=O) groups is 2. The number of rotatable bonds is 2. The largest absolute Gasteiger partial charge is 0.384 e. The molecule has 0 spiro atoms. The third-order valence-corrected chi connectivity index (χ3v) is 4.46. The van der Waals surface area contributed by atoms with Crippen LogP contribution in [0.3, 0.4) is 0 Å². The van der Waals surface area contributed by atoms with E-state index in [4.69, 9.17) is 0 Å². The Morgan fingerprint density at radius 3 is 1.95 bits per heavy atom. The molecular weight excluding hydrogens is 256 g/mol. The molecule has 1 N–H and O–H groups in total. The highest BCUT2D eigenvalue weighted by molar-refractivity contribution is 5.81. The second-order valence-corrected chi connectivity index (χ2v) is 6.02. The number of carbonyl (C=O) groups excluding carboxylic acids is 2. The molecule has 2 aliphatic rings. The van der Waals surface area contributed by atoms with Crippen molar-refractivity contribution in [2.75, 3.05) is 26.2 Å². The Hall–Kier alpha value is -1.10. The summed E-state index contributed by atoms with van der Waals surface area (Å²) in [5.41, 5.74) is 0. The van der Waals surface area contributed by atoms with Crippen LogP contribution in [-0.2, 0) is 9.59 Å². The highest BCUT2D eigenvalue weighted by Gasteiger charge is 2.29. The van der Waals surface area contributed by atoms with Gasteiger partial charge in [0.15, 0.2) is 0 Å². The van der Waals surface area contributed by atoms with Gasteiger partial charge in [-0.05, 0) is 19.8 Å². The van der Waals surface area contributed by atoms with Crippen molar-refractivity contribution in [2.24, 2.45) is 5.92 Å². The maximum Gasteiger partial charge on any atom is 0.251 e. The fourth-order valence-electron chi connectivity index (χ4n) is 3.20. The molecule has 2 fully saturated rings. The topological polar surface area (TPSA) is 60.9 Å². The van der Waals surface area contributed by atoms with Gasteiger partial charge < -0.3 is 14.9 Å². The Labute approximate surface area is 120 Å². The molecule has 0 aromatic carbocycles. The summed E-state index contributed by atoms with van der Waals surface area (Å²) in [6.07, 6.45) is 5.92. The number of aliphatic hydroxyl groups excluding tert-OH is 1. The van der Waals surface area contributed by atoms with Crippen LogP contribution in [0.5, 0.6) is 0 Å². The molecule has 1 saturated heterocycles. The lowest BCUT2D eigenvalue weighted by molar-refractivity contribution is -0.146. The molecule has 2 rings (SSSR count). The molecule has 0 radical (unpaired) electrons. The van der Waals surface area contributed by atoms with Crippen LogP contribution in [0.4, 0.5) is 0 Å². The van der Waals surface area contributed by atoms with E-state index < -0.39 is 6.10 Å². The highest BCUT2D eigenvalue weighted by atomic mass is 16.3. The zero-order valence-corrected chi connectivity index (χ0v) is 12.4. The fraction of sp³-hybridized carbons (Fsp3) is 0.867. The van der Waals surface area contributed by atoms with Gasteiger partial charge in [-0.3, -0.25) is 9.59 Å². The summed E-state index contributed by atoms with van der Waals surface area (Å²) in [7, 11) is 0. The minimum Gasteiger partial charge on any atom is -0.384 e. The molecule has 1 saturated carbocycles. The van der Waals surface area contributed by atoms with Gasteiger partial charge in [-0.25, -0.2) is 0 Å². The summed E-state index contributed by atoms with van der Waals surface area (Å²) < 4.78 is 0. The molecule has 0 aromatic rings. The van der Waals surface area contributed by atoms with E-state index in [-0.39, 0.29) is 17.7 Å². The van der Waals surface area contributed by atoms with E-state index in [1.807, 2.05) is 4.90 Å². The molecule has 1 unspecified atom stereocenters. The quantitative estimate of drug-likeness (QED) is 0.769. The van der Waals surface area contributed by atoms with Crippen LogP contribution in [0.2, 0.25) is 0 Å². The molecular formula is C15H26N2O3. The molecule has 5 heteroatoms. The molecule has 0 bridgehead atoms. The van der Waals surface area contributed by atoms with E-state index in [1.54, 1.807) is 4.90 Å². The molecule has 20 heavy (non-hydrogen) atoms. The number of nitrogens with zero attached hydrogens (tertiary/aromatic N) is 2. The first kappa shape index (κ1) is 15.3. The van der Waals surface area contributed by atoms with Crippen LogP contribution in [0.25, 0.3) is 0 Å². The van der Waals surface area contributed by atoms with Gasteiger partial charge in [0.2, 0.25) is 5.91 Å². The van der Waals surface area contributed by atoms with Crippen LogP contribution in [0, 0.1) is 5.92 Å². The predicted octanol–water partition coefficient (Wildman–Crippen LogP) is 1.01. The number of hydrogen-bond donors (Lipinski definition) is 1. The number of piperazine rings is 1. The van der Waals surface area contributed by atoms with Gasteiger partial charge >= 0.3 is 0 Å². The van der Waals surface area contributed by atoms with Gasteiger partial charge in [0.05, 0.1) is 0 Å². The van der Waals surface area contributed by atoms with Gasteiger partial charge in [-0.2, -0.15) is 0 Å². The van der Waals surface area contributed by atoms with E-state index in [1.165, 1.54) is 19.8 Å². The fourth-order valence-corrected chi connectivity index (χ4v) is 3.20. The van der Waals surface area contributed by atoms with Crippen LogP contribution in [-0.4, -0.2) is 59.0 Å². The summed E-state index contributed by atoms with van der Waals surface area (Å²) in [5.74, 6) is 0.235. The third-order valence-electron chi connectivity index (χ3n) is 4.46. The van der Waals surface area contributed by atoms with Crippen molar-refractivity contribution in [2.45, 2.75) is 51.6 Å². The van der Waals surface area contributed by atoms with E-state index in [0.717, 1.165) is 25.7 Å². The van der Waals surface area contributed by atoms with Crippen LogP contribution in [0.15, 0.2) is 0 Å². The smallest absolute Gasteiger partial charge is 0.251 e. The first-order valence-electron chi connectivity index (χ1n) is 7.85. The van der Waals surface area contributed by atoms with Gasteiger partial charge in [-0.1, -0.05) is 25.7 Å². The minimum absolute atomic E-state index is 0.191. The van der Waals surface area contributed by atoms with E-state index in [2.05, 4.69) is 0 Å². The predicted molar refractivity (Wildman–Crippen MR) is 76.0 cm³/mol. The zero-order valence-electron chi connectivity index (χ0n) is 12.4. The Kier molecular flexibility index (Phi) is 5.40. The summed E-state index contributed by atoms with van der Waals surface area (Å²) in [5, 5.41) is 9.31. The summed E-state index contributed by atoms with van der Waals surface area (Å²) >= 11 is 0. The Balaban J connectivity index is 1.83. The second kappa shape index (κ2) is 7.07. The van der Waals surface area contributed by atoms with Gasteiger partial charge in [0.1, 0.15) is 6.10 Å². The van der Waals surface area contributed by atoms with Gasteiger partial charge in [0.25, 0.3) is 5.91 Å². The monoisotopic (exact) mass is 282 g/mol. The summed E-state index contributed by atoms with van der Waals surface area (Å²) in [6.45, 7) is 3.79. The molecule has 1 aliphatic carbocycles. The van der Waals surface area contributed by atoms with Crippen LogP contribution in [0.1, 0.15) is 45.4 Å². The van der Waals surface area contributed by atoms with E-state index >= 15 is 0 Å². The molecule has 2 amide bonds. The Morgan fingerprint density at radius 1 is 0.950 bits per heavy atom. The lowest BCUT2D eigenvalue weighted by atomic mass is 9.98. The first-order chi connectivity index (χ1) is 9.59. The zero-order chi connectivity index (χ0) is 14.5. The normalized spacial score (nSPS) is 23.3. The molecule has 5 nitrogen and oxygen atoms in total. The van der Waals surface area contributed by atoms with Gasteiger partial charge in [0, 0.05) is 32.1 Å². The molecule has 1 aliphatic heterocycles.